The molecule has 0 spiro atoms. The zero-order valence-corrected chi connectivity index (χ0v) is 12.9. The molecule has 2 aromatic carbocycles. The Morgan fingerprint density at radius 3 is 2.18 bits per heavy atom. The first kappa shape index (κ1) is 14.4. The van der Waals surface area contributed by atoms with Crippen LogP contribution in [0.1, 0.15) is 19.8 Å². The van der Waals surface area contributed by atoms with Crippen molar-refractivity contribution in [2.45, 2.75) is 19.8 Å². The predicted octanol–water partition coefficient (Wildman–Crippen LogP) is 4.56. The molecule has 0 unspecified atom stereocenters. The van der Waals surface area contributed by atoms with Gasteiger partial charge in [-0.25, -0.2) is 9.66 Å². The second kappa shape index (κ2) is 6.94. The van der Waals surface area contributed by atoms with Crippen molar-refractivity contribution in [3.8, 4) is 22.5 Å². The molecule has 0 fully saturated rings. The van der Waals surface area contributed by atoms with Crippen molar-refractivity contribution in [3.63, 3.8) is 0 Å². The van der Waals surface area contributed by atoms with Gasteiger partial charge in [0.25, 0.3) is 0 Å². The lowest BCUT2D eigenvalue weighted by Crippen LogP contribution is -2.16. The van der Waals surface area contributed by atoms with Gasteiger partial charge < -0.3 is 5.43 Å². The van der Waals surface area contributed by atoms with Crippen molar-refractivity contribution < 1.29 is 0 Å². The van der Waals surface area contributed by atoms with Gasteiger partial charge in [0.1, 0.15) is 6.33 Å². The molecular formula is C19H21N3. The number of aromatic nitrogens is 2. The minimum absolute atomic E-state index is 0.945. The number of imidazole rings is 1. The second-order valence-electron chi connectivity index (χ2n) is 5.31. The molecule has 1 aromatic heterocycles. The van der Waals surface area contributed by atoms with Crippen LogP contribution in [0.4, 0.5) is 0 Å². The topological polar surface area (TPSA) is 29.9 Å². The highest BCUT2D eigenvalue weighted by Crippen LogP contribution is 2.30. The van der Waals surface area contributed by atoms with Gasteiger partial charge in [-0.15, -0.1) is 0 Å². The minimum atomic E-state index is 0.945. The Bertz CT molecular complexity index is 702. The summed E-state index contributed by atoms with van der Waals surface area (Å²) in [5.41, 5.74) is 7.89. The van der Waals surface area contributed by atoms with E-state index < -0.39 is 0 Å². The van der Waals surface area contributed by atoms with Gasteiger partial charge in [-0.3, -0.25) is 0 Å². The van der Waals surface area contributed by atoms with Crippen molar-refractivity contribution in [1.82, 2.24) is 9.66 Å². The first-order valence-corrected chi connectivity index (χ1v) is 7.82. The predicted molar refractivity (Wildman–Crippen MR) is 92.2 cm³/mol. The molecule has 0 saturated heterocycles. The quantitative estimate of drug-likeness (QED) is 0.675. The van der Waals surface area contributed by atoms with Crippen LogP contribution in [0.3, 0.4) is 0 Å². The second-order valence-corrected chi connectivity index (χ2v) is 5.31. The lowest BCUT2D eigenvalue weighted by atomic mass is 10.1. The van der Waals surface area contributed by atoms with E-state index in [0.29, 0.717) is 0 Å². The molecule has 112 valence electrons. The van der Waals surface area contributed by atoms with E-state index in [1.807, 2.05) is 35.3 Å². The highest BCUT2D eigenvalue weighted by molar-refractivity contribution is 5.78. The van der Waals surface area contributed by atoms with Crippen LogP contribution in [0.5, 0.6) is 0 Å². The molecular weight excluding hydrogens is 270 g/mol. The maximum atomic E-state index is 4.64. The van der Waals surface area contributed by atoms with Crippen molar-refractivity contribution in [1.29, 1.82) is 0 Å². The van der Waals surface area contributed by atoms with E-state index >= 15 is 0 Å². The van der Waals surface area contributed by atoms with Gasteiger partial charge in [0.2, 0.25) is 0 Å². The highest BCUT2D eigenvalue weighted by Gasteiger charge is 2.14. The normalized spacial score (nSPS) is 10.6. The Kier molecular flexibility index (Phi) is 4.54. The van der Waals surface area contributed by atoms with Gasteiger partial charge in [-0.1, -0.05) is 74.0 Å². The first-order chi connectivity index (χ1) is 10.9. The highest BCUT2D eigenvalue weighted by atomic mass is 15.4. The average Bonchev–Trinajstić information content (AvgIpc) is 3.01. The summed E-state index contributed by atoms with van der Waals surface area (Å²) in [6, 6.07) is 20.8. The molecule has 0 aliphatic rings. The van der Waals surface area contributed by atoms with Crippen LogP contribution < -0.4 is 5.43 Å². The molecule has 1 heterocycles. The van der Waals surface area contributed by atoms with Gasteiger partial charge in [-0.05, 0) is 6.42 Å². The number of hydrogen-bond acceptors (Lipinski definition) is 2. The Balaban J connectivity index is 2.04. The van der Waals surface area contributed by atoms with Crippen molar-refractivity contribution >= 4 is 0 Å². The smallest absolute Gasteiger partial charge is 0.115 e. The number of nitrogens with one attached hydrogen (secondary N) is 1. The fourth-order valence-electron chi connectivity index (χ4n) is 2.52. The molecule has 3 rings (SSSR count). The van der Waals surface area contributed by atoms with Crippen LogP contribution in [-0.4, -0.2) is 16.2 Å². The molecule has 0 amide bonds. The van der Waals surface area contributed by atoms with Gasteiger partial charge in [0, 0.05) is 17.7 Å². The van der Waals surface area contributed by atoms with Crippen LogP contribution in [0.25, 0.3) is 22.5 Å². The monoisotopic (exact) mass is 291 g/mol. The molecule has 0 atom stereocenters. The van der Waals surface area contributed by atoms with E-state index in [-0.39, 0.29) is 0 Å². The summed E-state index contributed by atoms with van der Waals surface area (Å²) < 4.78 is 2.05. The fraction of sp³-hybridized carbons (Fsp3) is 0.211. The molecule has 0 radical (unpaired) electrons. The average molecular weight is 291 g/mol. The van der Waals surface area contributed by atoms with Gasteiger partial charge in [0.15, 0.2) is 0 Å². The summed E-state index contributed by atoms with van der Waals surface area (Å²) in [5.74, 6) is 0. The van der Waals surface area contributed by atoms with Crippen molar-refractivity contribution in [3.05, 3.63) is 67.0 Å². The molecule has 0 aliphatic heterocycles. The summed E-state index contributed by atoms with van der Waals surface area (Å²) in [4.78, 5) is 4.64. The number of nitrogens with zero attached hydrogens (tertiary/aromatic N) is 2. The Morgan fingerprint density at radius 1 is 0.909 bits per heavy atom. The third-order valence-corrected chi connectivity index (χ3v) is 3.67. The third kappa shape index (κ3) is 3.03. The SMILES string of the molecule is CCCCNn1cnc(-c2ccccc2)c1-c1ccccc1. The van der Waals surface area contributed by atoms with E-state index in [1.54, 1.807) is 0 Å². The Hall–Kier alpha value is -2.55. The maximum absolute atomic E-state index is 4.64. The molecule has 0 bridgehead atoms. The summed E-state index contributed by atoms with van der Waals surface area (Å²) in [6.45, 7) is 3.14. The number of rotatable bonds is 6. The Morgan fingerprint density at radius 2 is 1.55 bits per heavy atom. The van der Waals surface area contributed by atoms with E-state index in [0.717, 1.165) is 29.9 Å². The third-order valence-electron chi connectivity index (χ3n) is 3.67. The lowest BCUT2D eigenvalue weighted by molar-refractivity contribution is 0.755. The van der Waals surface area contributed by atoms with E-state index in [1.165, 1.54) is 12.0 Å². The van der Waals surface area contributed by atoms with Gasteiger partial charge in [0.05, 0.1) is 11.4 Å². The summed E-state index contributed by atoms with van der Waals surface area (Å²) in [7, 11) is 0. The molecule has 0 saturated carbocycles. The molecule has 3 nitrogen and oxygen atoms in total. The molecule has 1 N–H and O–H groups in total. The van der Waals surface area contributed by atoms with E-state index in [2.05, 4.69) is 53.7 Å². The standard InChI is InChI=1S/C19H21N3/c1-2-3-14-21-22-15-20-18(16-10-6-4-7-11-16)19(22)17-12-8-5-9-13-17/h4-13,15,21H,2-3,14H2,1H3. The number of benzene rings is 2. The fourth-order valence-corrected chi connectivity index (χ4v) is 2.52. The number of unbranched alkanes of at least 4 members (excludes halogenated alkanes) is 1. The zero-order chi connectivity index (χ0) is 15.2. The lowest BCUT2D eigenvalue weighted by Gasteiger charge is -2.12. The molecule has 22 heavy (non-hydrogen) atoms. The van der Waals surface area contributed by atoms with Crippen LogP contribution in [0.2, 0.25) is 0 Å². The van der Waals surface area contributed by atoms with E-state index in [4.69, 9.17) is 0 Å². The maximum Gasteiger partial charge on any atom is 0.115 e. The van der Waals surface area contributed by atoms with Crippen LogP contribution in [-0.2, 0) is 0 Å². The van der Waals surface area contributed by atoms with E-state index in [9.17, 15) is 0 Å². The summed E-state index contributed by atoms with van der Waals surface area (Å²) >= 11 is 0. The zero-order valence-electron chi connectivity index (χ0n) is 12.9. The first-order valence-electron chi connectivity index (χ1n) is 7.82. The molecule has 0 aliphatic carbocycles. The van der Waals surface area contributed by atoms with Crippen LogP contribution in [0.15, 0.2) is 67.0 Å². The number of hydrogen-bond donors (Lipinski definition) is 1. The van der Waals surface area contributed by atoms with Crippen molar-refractivity contribution in [2.24, 2.45) is 0 Å². The summed E-state index contributed by atoms with van der Waals surface area (Å²) in [6.07, 6.45) is 4.20. The molecule has 3 aromatic rings. The largest absolute Gasteiger partial charge is 0.324 e. The molecule has 3 heteroatoms. The van der Waals surface area contributed by atoms with Gasteiger partial charge in [-0.2, -0.15) is 0 Å². The van der Waals surface area contributed by atoms with Gasteiger partial charge >= 0.3 is 0 Å². The summed E-state index contributed by atoms with van der Waals surface area (Å²) in [5, 5.41) is 0. The minimum Gasteiger partial charge on any atom is -0.324 e. The van der Waals surface area contributed by atoms with Crippen molar-refractivity contribution in [2.75, 3.05) is 12.0 Å². The van der Waals surface area contributed by atoms with Crippen LogP contribution >= 0.6 is 0 Å². The van der Waals surface area contributed by atoms with Crippen LogP contribution in [0, 0.1) is 0 Å². The Labute approximate surface area is 131 Å².